The lowest BCUT2D eigenvalue weighted by molar-refractivity contribution is -0.270. The number of aliphatic hydroxyl groups is 1. The van der Waals surface area contributed by atoms with E-state index in [1.165, 1.54) is 0 Å². The van der Waals surface area contributed by atoms with E-state index in [0.717, 1.165) is 35.4 Å². The van der Waals surface area contributed by atoms with Gasteiger partial charge in [0, 0.05) is 41.5 Å². The molecule has 2 aliphatic heterocycles. The summed E-state index contributed by atoms with van der Waals surface area (Å²) in [5, 5.41) is 20.0. The van der Waals surface area contributed by atoms with Crippen molar-refractivity contribution >= 4 is 11.8 Å². The predicted molar refractivity (Wildman–Crippen MR) is 128 cm³/mol. The molecule has 0 spiro atoms. The Hall–Kier alpha value is -2.95. The Labute approximate surface area is 213 Å². The maximum Gasteiger partial charge on any atom is 0.417 e. The second-order valence-electron chi connectivity index (χ2n) is 10.8. The third kappa shape index (κ3) is 4.73. The van der Waals surface area contributed by atoms with Crippen LogP contribution in [0.25, 0.3) is 11.3 Å². The molecular formula is C26H32F3N5O3. The summed E-state index contributed by atoms with van der Waals surface area (Å²) in [4.78, 5) is 32.5. The number of nitrogens with one attached hydrogen (secondary N) is 2. The topological polar surface area (TPSA) is 111 Å². The zero-order valence-corrected chi connectivity index (χ0v) is 20.9. The molecule has 11 heteroatoms. The van der Waals surface area contributed by atoms with Gasteiger partial charge in [0.05, 0.1) is 5.69 Å². The highest BCUT2D eigenvalue weighted by Crippen LogP contribution is 2.42. The lowest BCUT2D eigenvalue weighted by Gasteiger charge is -2.40. The molecule has 200 valence electrons. The summed E-state index contributed by atoms with van der Waals surface area (Å²) in [7, 11) is 0. The van der Waals surface area contributed by atoms with Gasteiger partial charge in [-0.25, -0.2) is 0 Å². The quantitative estimate of drug-likeness (QED) is 0.569. The monoisotopic (exact) mass is 519 g/mol. The van der Waals surface area contributed by atoms with Gasteiger partial charge in [-0.2, -0.15) is 18.3 Å². The average molecular weight is 520 g/mol. The van der Waals surface area contributed by atoms with Crippen LogP contribution in [-0.2, 0) is 4.79 Å². The summed E-state index contributed by atoms with van der Waals surface area (Å²) >= 11 is 0. The first-order chi connectivity index (χ1) is 17.5. The third-order valence-electron chi connectivity index (χ3n) is 8.57. The number of aromatic nitrogens is 3. The molecular weight excluding hydrogens is 487 g/mol. The molecule has 2 bridgehead atoms. The van der Waals surface area contributed by atoms with Gasteiger partial charge in [-0.3, -0.25) is 19.7 Å². The minimum Gasteiger partial charge on any atom is -0.380 e. The molecule has 2 aromatic heterocycles. The molecule has 3 aliphatic rings. The number of pyridine rings is 1. The molecule has 37 heavy (non-hydrogen) atoms. The van der Waals surface area contributed by atoms with E-state index in [1.54, 1.807) is 12.3 Å². The Morgan fingerprint density at radius 3 is 2.41 bits per heavy atom. The van der Waals surface area contributed by atoms with Crippen LogP contribution in [0.15, 0.2) is 18.3 Å². The molecule has 0 unspecified atom stereocenters. The van der Waals surface area contributed by atoms with Crippen LogP contribution in [-0.4, -0.2) is 66.9 Å². The summed E-state index contributed by atoms with van der Waals surface area (Å²) in [5.41, 5.74) is 1.27. The first kappa shape index (κ1) is 25.7. The number of piperidine rings is 1. The number of carbonyl (C=O) groups excluding carboxylic acids is 2. The fraction of sp³-hybridized carbons (Fsp3) is 0.615. The van der Waals surface area contributed by atoms with E-state index < -0.39 is 24.6 Å². The Morgan fingerprint density at radius 2 is 1.78 bits per heavy atom. The Balaban J connectivity index is 1.20. The fourth-order valence-electron chi connectivity index (χ4n) is 6.20. The predicted octanol–water partition coefficient (Wildman–Crippen LogP) is 3.82. The number of halogens is 3. The smallest absolute Gasteiger partial charge is 0.380 e. The number of amides is 2. The molecule has 0 radical (unpaired) electrons. The second-order valence-corrected chi connectivity index (χ2v) is 10.8. The Kier molecular flexibility index (Phi) is 6.54. The zero-order chi connectivity index (χ0) is 26.5. The van der Waals surface area contributed by atoms with Gasteiger partial charge < -0.3 is 15.3 Å². The van der Waals surface area contributed by atoms with E-state index >= 15 is 0 Å². The maximum absolute atomic E-state index is 13.4. The van der Waals surface area contributed by atoms with Crippen LogP contribution in [0.5, 0.6) is 0 Å². The third-order valence-corrected chi connectivity index (χ3v) is 8.57. The average Bonchev–Trinajstić information content (AvgIpc) is 3.43. The molecule has 3 atom stereocenters. The number of fused-ring (bicyclic) bond motifs is 2. The van der Waals surface area contributed by atoms with Gasteiger partial charge in [-0.05, 0) is 82.9 Å². The van der Waals surface area contributed by atoms with Crippen LogP contribution in [0.2, 0.25) is 0 Å². The number of nitrogens with zero attached hydrogens (tertiary/aromatic N) is 3. The number of rotatable bonds is 4. The van der Waals surface area contributed by atoms with Gasteiger partial charge in [0.25, 0.3) is 5.91 Å². The highest BCUT2D eigenvalue weighted by atomic mass is 19.4. The minimum absolute atomic E-state index is 0.0752. The first-order valence-electron chi connectivity index (χ1n) is 12.9. The van der Waals surface area contributed by atoms with Crippen LogP contribution >= 0.6 is 0 Å². The van der Waals surface area contributed by atoms with Crippen LogP contribution in [0.1, 0.15) is 73.1 Å². The molecule has 1 saturated carbocycles. The van der Waals surface area contributed by atoms with Crippen molar-refractivity contribution in [2.24, 2.45) is 5.92 Å². The van der Waals surface area contributed by atoms with Crippen molar-refractivity contribution in [1.29, 1.82) is 0 Å². The number of hydrogen-bond donors (Lipinski definition) is 3. The van der Waals surface area contributed by atoms with Gasteiger partial charge in [-0.15, -0.1) is 0 Å². The SMILES string of the molecule is Cc1nccc(-c2cc(C(=O)N3[C@@H]4CC[C@H]3C[C@H](C(=O)N[C@H]3CC[C@@](O)(C(F)(F)F)CC3)C4)n[nH]2)c1C. The van der Waals surface area contributed by atoms with Crippen LogP contribution in [0.4, 0.5) is 13.2 Å². The molecule has 0 aromatic carbocycles. The van der Waals surface area contributed by atoms with Gasteiger partial charge in [-0.1, -0.05) is 0 Å². The summed E-state index contributed by atoms with van der Waals surface area (Å²) in [6.45, 7) is 3.90. The molecule has 2 aromatic rings. The van der Waals surface area contributed by atoms with E-state index in [2.05, 4.69) is 20.5 Å². The van der Waals surface area contributed by atoms with Crippen molar-refractivity contribution in [2.45, 2.75) is 95.1 Å². The summed E-state index contributed by atoms with van der Waals surface area (Å²) in [6.07, 6.45) is -0.933. The van der Waals surface area contributed by atoms with E-state index in [4.69, 9.17) is 0 Å². The molecule has 4 heterocycles. The van der Waals surface area contributed by atoms with Crippen molar-refractivity contribution in [2.75, 3.05) is 0 Å². The standard InChI is InChI=1S/C26H32F3N5O3/c1-14-15(2)30-10-7-20(14)21-13-22(33-32-21)24(36)34-18-3-4-19(34)12-16(11-18)23(35)31-17-5-8-25(37,9-6-17)26(27,28)29/h7,10,13,16-19,37H,3-6,8-9,11-12H2,1-2H3,(H,31,35)(H,32,33)/t16-,17-,18-,19+,25-. The second kappa shape index (κ2) is 9.41. The summed E-state index contributed by atoms with van der Waals surface area (Å²) in [5.74, 6) is -0.616. The van der Waals surface area contributed by atoms with Crippen molar-refractivity contribution in [3.63, 3.8) is 0 Å². The first-order valence-corrected chi connectivity index (χ1v) is 12.9. The highest BCUT2D eigenvalue weighted by molar-refractivity contribution is 5.94. The van der Waals surface area contributed by atoms with Crippen molar-refractivity contribution in [3.8, 4) is 11.3 Å². The van der Waals surface area contributed by atoms with Gasteiger partial charge in [0.15, 0.2) is 11.3 Å². The molecule has 2 saturated heterocycles. The van der Waals surface area contributed by atoms with E-state index in [0.29, 0.717) is 18.5 Å². The van der Waals surface area contributed by atoms with Crippen LogP contribution in [0, 0.1) is 19.8 Å². The van der Waals surface area contributed by atoms with E-state index in [-0.39, 0.29) is 48.7 Å². The van der Waals surface area contributed by atoms with Crippen LogP contribution in [0.3, 0.4) is 0 Å². The van der Waals surface area contributed by atoms with Crippen molar-refractivity contribution in [3.05, 3.63) is 35.3 Å². The molecule has 1 aliphatic carbocycles. The number of carbonyl (C=O) groups is 2. The van der Waals surface area contributed by atoms with Crippen molar-refractivity contribution in [1.82, 2.24) is 25.4 Å². The number of aromatic amines is 1. The van der Waals surface area contributed by atoms with E-state index in [9.17, 15) is 27.9 Å². The molecule has 3 N–H and O–H groups in total. The number of hydrogen-bond acceptors (Lipinski definition) is 5. The van der Waals surface area contributed by atoms with Crippen molar-refractivity contribution < 1.29 is 27.9 Å². The van der Waals surface area contributed by atoms with Crippen LogP contribution < -0.4 is 5.32 Å². The van der Waals surface area contributed by atoms with E-state index in [1.807, 2.05) is 24.8 Å². The molecule has 8 nitrogen and oxygen atoms in total. The highest BCUT2D eigenvalue weighted by Gasteiger charge is 2.55. The van der Waals surface area contributed by atoms with Gasteiger partial charge in [0.1, 0.15) is 0 Å². The lowest BCUT2D eigenvalue weighted by atomic mass is 9.81. The molecule has 3 fully saturated rings. The Bertz CT molecular complexity index is 1170. The Morgan fingerprint density at radius 1 is 1.14 bits per heavy atom. The molecule has 5 rings (SSSR count). The number of alkyl halides is 3. The number of aryl methyl sites for hydroxylation is 1. The maximum atomic E-state index is 13.4. The zero-order valence-electron chi connectivity index (χ0n) is 20.9. The largest absolute Gasteiger partial charge is 0.417 e. The number of H-pyrrole nitrogens is 1. The minimum atomic E-state index is -4.66. The lowest BCUT2D eigenvalue weighted by Crippen LogP contribution is -2.53. The summed E-state index contributed by atoms with van der Waals surface area (Å²) < 4.78 is 39.2. The normalized spacial score (nSPS) is 29.8. The molecule has 2 amide bonds. The van der Waals surface area contributed by atoms with Gasteiger partial charge in [0.2, 0.25) is 5.91 Å². The fourth-order valence-corrected chi connectivity index (χ4v) is 6.20. The van der Waals surface area contributed by atoms with Gasteiger partial charge >= 0.3 is 6.18 Å². The summed E-state index contributed by atoms with van der Waals surface area (Å²) in [6, 6.07) is 3.11.